The highest BCUT2D eigenvalue weighted by molar-refractivity contribution is 6.39. The zero-order chi connectivity index (χ0) is 18.0. The first kappa shape index (κ1) is 17.1. The largest absolute Gasteiger partial charge is 0.339 e. The Hall–Kier alpha value is -2.77. The van der Waals surface area contributed by atoms with Gasteiger partial charge in [0.15, 0.2) is 5.82 Å². The van der Waals surface area contributed by atoms with Crippen LogP contribution in [-0.4, -0.2) is 39.9 Å². The molecule has 0 bridgehead atoms. The second-order valence-electron chi connectivity index (χ2n) is 6.19. The fourth-order valence-electron chi connectivity index (χ4n) is 2.84. The molecule has 1 aliphatic rings. The molecule has 2 aromatic rings. The van der Waals surface area contributed by atoms with Crippen molar-refractivity contribution in [2.75, 3.05) is 18.4 Å². The normalized spacial score (nSPS) is 17.4. The number of hydrogen-bond acceptors (Lipinski definition) is 5. The highest BCUT2D eigenvalue weighted by atomic mass is 19.1. The fourth-order valence-corrected chi connectivity index (χ4v) is 2.84. The lowest BCUT2D eigenvalue weighted by atomic mass is 9.98. The van der Waals surface area contributed by atoms with Gasteiger partial charge in [-0.15, -0.1) is 0 Å². The summed E-state index contributed by atoms with van der Waals surface area (Å²) in [7, 11) is 0. The number of nitrogens with zero attached hydrogens (tertiary/aromatic N) is 3. The van der Waals surface area contributed by atoms with Crippen LogP contribution in [0.4, 0.5) is 10.1 Å². The summed E-state index contributed by atoms with van der Waals surface area (Å²) in [5.41, 5.74) is 0.723. The lowest BCUT2D eigenvalue weighted by molar-refractivity contribution is -0.144. The van der Waals surface area contributed by atoms with Crippen LogP contribution in [0.2, 0.25) is 0 Å². The van der Waals surface area contributed by atoms with Gasteiger partial charge in [0, 0.05) is 18.8 Å². The summed E-state index contributed by atoms with van der Waals surface area (Å²) in [6, 6.07) is 4.30. The average Bonchev–Trinajstić information content (AvgIpc) is 3.04. The number of likely N-dealkylation sites (tertiary alicyclic amines) is 1. The number of piperidine rings is 1. The van der Waals surface area contributed by atoms with Gasteiger partial charge >= 0.3 is 11.8 Å². The molecule has 25 heavy (non-hydrogen) atoms. The van der Waals surface area contributed by atoms with Gasteiger partial charge in [0.05, 0.1) is 5.92 Å². The maximum absolute atomic E-state index is 13.6. The number of aryl methyl sites for hydroxylation is 2. The van der Waals surface area contributed by atoms with Crippen molar-refractivity contribution in [1.82, 2.24) is 15.0 Å². The second kappa shape index (κ2) is 7.00. The van der Waals surface area contributed by atoms with Crippen LogP contribution in [0.15, 0.2) is 22.7 Å². The Labute approximate surface area is 144 Å². The number of anilines is 1. The van der Waals surface area contributed by atoms with E-state index in [0.717, 1.165) is 12.8 Å². The Balaban J connectivity index is 1.65. The SMILES string of the molecule is Cc1noc(C2CCCN(C(=O)C(=O)Nc3ccc(C)c(F)c3)C2)n1. The van der Waals surface area contributed by atoms with E-state index in [-0.39, 0.29) is 11.6 Å². The Bertz CT molecular complexity index is 805. The topological polar surface area (TPSA) is 88.3 Å². The minimum atomic E-state index is -0.786. The molecule has 1 aromatic heterocycles. The lowest BCUT2D eigenvalue weighted by Crippen LogP contribution is -2.44. The van der Waals surface area contributed by atoms with Crippen molar-refractivity contribution in [3.8, 4) is 0 Å². The standard InChI is InChI=1S/C17H19FN4O3/c1-10-5-6-13(8-14(10)18)20-15(23)17(24)22-7-3-4-12(9-22)16-19-11(2)21-25-16/h5-6,8,12H,3-4,7,9H2,1-2H3,(H,20,23). The third-order valence-corrected chi connectivity index (χ3v) is 4.23. The highest BCUT2D eigenvalue weighted by Gasteiger charge is 2.31. The van der Waals surface area contributed by atoms with Gasteiger partial charge in [-0.3, -0.25) is 9.59 Å². The maximum Gasteiger partial charge on any atom is 0.313 e. The van der Waals surface area contributed by atoms with Crippen molar-refractivity contribution in [2.45, 2.75) is 32.6 Å². The minimum Gasteiger partial charge on any atom is -0.339 e. The van der Waals surface area contributed by atoms with Crippen molar-refractivity contribution in [3.63, 3.8) is 0 Å². The lowest BCUT2D eigenvalue weighted by Gasteiger charge is -2.30. The monoisotopic (exact) mass is 346 g/mol. The van der Waals surface area contributed by atoms with E-state index in [9.17, 15) is 14.0 Å². The number of carbonyl (C=O) groups is 2. The van der Waals surface area contributed by atoms with Gasteiger partial charge < -0.3 is 14.7 Å². The molecule has 0 saturated carbocycles. The maximum atomic E-state index is 13.6. The molecule has 132 valence electrons. The number of benzene rings is 1. The summed E-state index contributed by atoms with van der Waals surface area (Å²) in [6.07, 6.45) is 1.56. The molecule has 1 aromatic carbocycles. The first-order chi connectivity index (χ1) is 11.9. The molecule has 0 aliphatic carbocycles. The van der Waals surface area contributed by atoms with Gasteiger partial charge in [0.2, 0.25) is 5.89 Å². The third kappa shape index (κ3) is 3.84. The number of hydrogen-bond donors (Lipinski definition) is 1. The van der Waals surface area contributed by atoms with Gasteiger partial charge in [0.25, 0.3) is 0 Å². The Morgan fingerprint density at radius 3 is 2.84 bits per heavy atom. The van der Waals surface area contributed by atoms with Crippen molar-refractivity contribution in [1.29, 1.82) is 0 Å². The summed E-state index contributed by atoms with van der Waals surface area (Å²) in [4.78, 5) is 30.2. The molecule has 3 rings (SSSR count). The van der Waals surface area contributed by atoms with E-state index in [0.29, 0.717) is 30.4 Å². The minimum absolute atomic E-state index is 0.0801. The van der Waals surface area contributed by atoms with Gasteiger partial charge in [-0.05, 0) is 44.4 Å². The number of nitrogens with one attached hydrogen (secondary N) is 1. The van der Waals surface area contributed by atoms with E-state index >= 15 is 0 Å². The number of amides is 2. The van der Waals surface area contributed by atoms with Gasteiger partial charge in [-0.2, -0.15) is 4.98 Å². The van der Waals surface area contributed by atoms with Crippen molar-refractivity contribution < 1.29 is 18.5 Å². The van der Waals surface area contributed by atoms with E-state index in [1.165, 1.54) is 11.0 Å². The van der Waals surface area contributed by atoms with Crippen LogP contribution in [0.5, 0.6) is 0 Å². The third-order valence-electron chi connectivity index (χ3n) is 4.23. The quantitative estimate of drug-likeness (QED) is 0.842. The van der Waals surface area contributed by atoms with Crippen LogP contribution >= 0.6 is 0 Å². The Morgan fingerprint density at radius 1 is 1.36 bits per heavy atom. The smallest absolute Gasteiger partial charge is 0.313 e. The van der Waals surface area contributed by atoms with Crippen molar-refractivity contribution in [2.24, 2.45) is 0 Å². The number of carbonyl (C=O) groups excluding carboxylic acids is 2. The summed E-state index contributed by atoms with van der Waals surface area (Å²) >= 11 is 0. The van der Waals surface area contributed by atoms with E-state index in [2.05, 4.69) is 15.5 Å². The molecule has 0 spiro atoms. The molecule has 1 N–H and O–H groups in total. The molecule has 2 heterocycles. The zero-order valence-corrected chi connectivity index (χ0v) is 14.1. The van der Waals surface area contributed by atoms with E-state index in [1.807, 2.05) is 0 Å². The van der Waals surface area contributed by atoms with Gasteiger partial charge in [-0.25, -0.2) is 4.39 Å². The first-order valence-electron chi connectivity index (χ1n) is 8.10. The Kier molecular flexibility index (Phi) is 4.78. The number of aromatic nitrogens is 2. The van der Waals surface area contributed by atoms with E-state index in [1.54, 1.807) is 26.0 Å². The molecule has 1 aliphatic heterocycles. The molecule has 8 heteroatoms. The summed E-state index contributed by atoms with van der Waals surface area (Å²) in [5, 5.41) is 6.21. The molecule has 0 radical (unpaired) electrons. The van der Waals surface area contributed by atoms with Crippen LogP contribution in [-0.2, 0) is 9.59 Å². The second-order valence-corrected chi connectivity index (χ2v) is 6.19. The van der Waals surface area contributed by atoms with E-state index < -0.39 is 17.6 Å². The highest BCUT2D eigenvalue weighted by Crippen LogP contribution is 2.25. The fraction of sp³-hybridized carbons (Fsp3) is 0.412. The molecule has 1 atom stereocenters. The van der Waals surface area contributed by atoms with Crippen LogP contribution in [0.25, 0.3) is 0 Å². The van der Waals surface area contributed by atoms with Crippen LogP contribution in [0.3, 0.4) is 0 Å². The average molecular weight is 346 g/mol. The molecule has 1 saturated heterocycles. The predicted molar refractivity (Wildman–Crippen MR) is 87.4 cm³/mol. The number of halogens is 1. The van der Waals surface area contributed by atoms with Gasteiger partial charge in [0.1, 0.15) is 5.82 Å². The Morgan fingerprint density at radius 2 is 2.16 bits per heavy atom. The van der Waals surface area contributed by atoms with Crippen LogP contribution in [0.1, 0.15) is 36.0 Å². The van der Waals surface area contributed by atoms with Crippen molar-refractivity contribution in [3.05, 3.63) is 41.3 Å². The van der Waals surface area contributed by atoms with Crippen molar-refractivity contribution >= 4 is 17.5 Å². The van der Waals surface area contributed by atoms with Crippen LogP contribution < -0.4 is 5.32 Å². The molecular formula is C17H19FN4O3. The van der Waals surface area contributed by atoms with Gasteiger partial charge in [-0.1, -0.05) is 11.2 Å². The summed E-state index contributed by atoms with van der Waals surface area (Å²) in [6.45, 7) is 4.18. The first-order valence-corrected chi connectivity index (χ1v) is 8.10. The summed E-state index contributed by atoms with van der Waals surface area (Å²) in [5.74, 6) is -0.931. The number of rotatable bonds is 2. The molecular weight excluding hydrogens is 327 g/mol. The van der Waals surface area contributed by atoms with Crippen LogP contribution in [0, 0.1) is 19.7 Å². The molecule has 2 amide bonds. The summed E-state index contributed by atoms with van der Waals surface area (Å²) < 4.78 is 18.7. The molecule has 1 unspecified atom stereocenters. The predicted octanol–water partition coefficient (Wildman–Crippen LogP) is 2.17. The molecule has 1 fully saturated rings. The zero-order valence-electron chi connectivity index (χ0n) is 14.1. The van der Waals surface area contributed by atoms with E-state index in [4.69, 9.17) is 4.52 Å². The molecule has 7 nitrogen and oxygen atoms in total.